The molecule has 0 aliphatic rings. The standard InChI is InChI=1S/C19H23NO3S/c1-12-8-14(3)18(9-13(12)2)22-11-16-15(10-21)6-5-7-17(16)23-19(24)20-4/h5-9,21H,10-11H2,1-4H3,(H,20,24). The van der Waals surface area contributed by atoms with E-state index in [-0.39, 0.29) is 11.8 Å². The predicted molar refractivity (Wildman–Crippen MR) is 99.6 cm³/mol. The van der Waals surface area contributed by atoms with E-state index in [9.17, 15) is 5.11 Å². The Hall–Kier alpha value is -2.11. The molecule has 4 nitrogen and oxygen atoms in total. The molecule has 0 aromatic heterocycles. The number of hydrogen-bond acceptors (Lipinski definition) is 4. The molecule has 128 valence electrons. The highest BCUT2D eigenvalue weighted by atomic mass is 32.1. The molecule has 2 N–H and O–H groups in total. The van der Waals surface area contributed by atoms with Gasteiger partial charge in [-0.25, -0.2) is 0 Å². The minimum atomic E-state index is -0.0892. The van der Waals surface area contributed by atoms with Crippen molar-refractivity contribution in [2.75, 3.05) is 7.05 Å². The number of aliphatic hydroxyl groups excluding tert-OH is 1. The third-order valence-corrected chi connectivity index (χ3v) is 4.26. The van der Waals surface area contributed by atoms with Crippen LogP contribution in [0.3, 0.4) is 0 Å². The van der Waals surface area contributed by atoms with Crippen molar-refractivity contribution in [3.05, 3.63) is 58.1 Å². The van der Waals surface area contributed by atoms with Crippen LogP contribution in [-0.2, 0) is 13.2 Å². The molecule has 0 aliphatic heterocycles. The Morgan fingerprint density at radius 2 is 1.79 bits per heavy atom. The molecule has 2 aromatic carbocycles. The molecular formula is C19H23NO3S. The van der Waals surface area contributed by atoms with Crippen molar-refractivity contribution >= 4 is 17.4 Å². The molecule has 5 heteroatoms. The first-order chi connectivity index (χ1) is 11.5. The molecule has 0 amide bonds. The SMILES string of the molecule is CNC(=S)Oc1cccc(CO)c1COc1cc(C)c(C)cc1C. The van der Waals surface area contributed by atoms with Gasteiger partial charge in [0, 0.05) is 12.6 Å². The van der Waals surface area contributed by atoms with Gasteiger partial charge < -0.3 is 19.9 Å². The number of hydrogen-bond donors (Lipinski definition) is 2. The molecule has 0 saturated heterocycles. The van der Waals surface area contributed by atoms with Crippen LogP contribution < -0.4 is 14.8 Å². The summed E-state index contributed by atoms with van der Waals surface area (Å²) in [6, 6.07) is 9.63. The molecule has 0 saturated carbocycles. The second-order valence-corrected chi connectivity index (χ2v) is 6.05. The topological polar surface area (TPSA) is 50.7 Å². The van der Waals surface area contributed by atoms with Crippen molar-refractivity contribution in [1.82, 2.24) is 5.32 Å². The highest BCUT2D eigenvalue weighted by Crippen LogP contribution is 2.27. The minimum Gasteiger partial charge on any atom is -0.488 e. The van der Waals surface area contributed by atoms with Crippen molar-refractivity contribution in [2.45, 2.75) is 34.0 Å². The Morgan fingerprint density at radius 3 is 2.46 bits per heavy atom. The molecule has 0 unspecified atom stereocenters. The van der Waals surface area contributed by atoms with Crippen LogP contribution in [0.5, 0.6) is 11.5 Å². The van der Waals surface area contributed by atoms with Gasteiger partial charge in [0.1, 0.15) is 18.1 Å². The lowest BCUT2D eigenvalue weighted by Gasteiger charge is -2.17. The first-order valence-corrected chi connectivity index (χ1v) is 8.19. The first kappa shape index (κ1) is 18.2. The molecule has 0 spiro atoms. The summed E-state index contributed by atoms with van der Waals surface area (Å²) in [6.07, 6.45) is 0. The van der Waals surface area contributed by atoms with E-state index in [1.165, 1.54) is 11.1 Å². The monoisotopic (exact) mass is 345 g/mol. The number of rotatable bonds is 5. The van der Waals surface area contributed by atoms with E-state index in [0.717, 1.165) is 22.4 Å². The van der Waals surface area contributed by atoms with Crippen LogP contribution >= 0.6 is 12.2 Å². The van der Waals surface area contributed by atoms with Crippen molar-refractivity contribution in [2.24, 2.45) is 0 Å². The zero-order valence-corrected chi connectivity index (χ0v) is 15.3. The second-order valence-electron chi connectivity index (χ2n) is 5.68. The van der Waals surface area contributed by atoms with Crippen molar-refractivity contribution in [3.8, 4) is 11.5 Å². The van der Waals surface area contributed by atoms with Gasteiger partial charge in [0.2, 0.25) is 0 Å². The normalized spacial score (nSPS) is 10.4. The maximum atomic E-state index is 9.61. The molecule has 2 rings (SSSR count). The molecule has 0 atom stereocenters. The van der Waals surface area contributed by atoms with Gasteiger partial charge in [-0.2, -0.15) is 0 Å². The summed E-state index contributed by atoms with van der Waals surface area (Å²) in [5, 5.41) is 12.7. The van der Waals surface area contributed by atoms with E-state index in [1.54, 1.807) is 7.05 Å². The fourth-order valence-electron chi connectivity index (χ4n) is 2.41. The zero-order chi connectivity index (χ0) is 17.7. The summed E-state index contributed by atoms with van der Waals surface area (Å²) in [5.41, 5.74) is 5.04. The molecule has 2 aromatic rings. The van der Waals surface area contributed by atoms with Crippen LogP contribution in [0.4, 0.5) is 0 Å². The fraction of sp³-hybridized carbons (Fsp3) is 0.316. The predicted octanol–water partition coefficient (Wildman–Crippen LogP) is 3.57. The average molecular weight is 345 g/mol. The van der Waals surface area contributed by atoms with Crippen molar-refractivity contribution in [1.29, 1.82) is 0 Å². The molecule has 0 bridgehead atoms. The zero-order valence-electron chi connectivity index (χ0n) is 14.5. The van der Waals surface area contributed by atoms with Gasteiger partial charge in [0.15, 0.2) is 0 Å². The third-order valence-electron chi connectivity index (χ3n) is 3.97. The number of thiocarbonyl (C=S) groups is 1. The summed E-state index contributed by atoms with van der Waals surface area (Å²) in [7, 11) is 1.70. The molecule has 0 aliphatic carbocycles. The summed E-state index contributed by atoms with van der Waals surface area (Å²) in [4.78, 5) is 0. The van der Waals surface area contributed by atoms with Crippen LogP contribution in [0.15, 0.2) is 30.3 Å². The van der Waals surface area contributed by atoms with E-state index < -0.39 is 0 Å². The Balaban J connectivity index is 2.28. The van der Waals surface area contributed by atoms with Gasteiger partial charge in [-0.05, 0) is 67.4 Å². The van der Waals surface area contributed by atoms with Crippen LogP contribution in [0.2, 0.25) is 0 Å². The van der Waals surface area contributed by atoms with E-state index in [4.69, 9.17) is 21.7 Å². The van der Waals surface area contributed by atoms with Crippen LogP contribution in [0.1, 0.15) is 27.8 Å². The largest absolute Gasteiger partial charge is 0.488 e. The Morgan fingerprint density at radius 1 is 1.08 bits per heavy atom. The minimum absolute atomic E-state index is 0.0892. The lowest BCUT2D eigenvalue weighted by Crippen LogP contribution is -2.22. The highest BCUT2D eigenvalue weighted by molar-refractivity contribution is 7.80. The number of ether oxygens (including phenoxy) is 2. The third kappa shape index (κ3) is 4.24. The van der Waals surface area contributed by atoms with Crippen LogP contribution in [-0.4, -0.2) is 17.3 Å². The molecular weight excluding hydrogens is 322 g/mol. The van der Waals surface area contributed by atoms with Gasteiger partial charge >= 0.3 is 0 Å². The summed E-state index contributed by atoms with van der Waals surface area (Å²) >= 11 is 5.07. The van der Waals surface area contributed by atoms with Crippen LogP contribution in [0, 0.1) is 20.8 Å². The van der Waals surface area contributed by atoms with Gasteiger partial charge in [-0.1, -0.05) is 18.2 Å². The lowest BCUT2D eigenvalue weighted by molar-refractivity contribution is 0.266. The Labute approximate surface area is 148 Å². The van der Waals surface area contributed by atoms with E-state index in [0.29, 0.717) is 12.4 Å². The molecule has 0 radical (unpaired) electrons. The molecule has 24 heavy (non-hydrogen) atoms. The van der Waals surface area contributed by atoms with Crippen molar-refractivity contribution < 1.29 is 14.6 Å². The first-order valence-electron chi connectivity index (χ1n) is 7.78. The smallest absolute Gasteiger partial charge is 0.261 e. The summed E-state index contributed by atoms with van der Waals surface area (Å²) < 4.78 is 11.6. The fourth-order valence-corrected chi connectivity index (χ4v) is 2.50. The molecule has 0 fully saturated rings. The second kappa shape index (κ2) is 8.13. The molecule has 0 heterocycles. The van der Waals surface area contributed by atoms with E-state index in [1.807, 2.05) is 31.2 Å². The van der Waals surface area contributed by atoms with Gasteiger partial charge in [-0.15, -0.1) is 0 Å². The summed E-state index contributed by atoms with van der Waals surface area (Å²) in [6.45, 7) is 6.37. The Kier molecular flexibility index (Phi) is 6.17. The number of benzene rings is 2. The van der Waals surface area contributed by atoms with Gasteiger partial charge in [-0.3, -0.25) is 0 Å². The summed E-state index contributed by atoms with van der Waals surface area (Å²) in [5.74, 6) is 1.41. The number of aliphatic hydroxyl groups is 1. The average Bonchev–Trinajstić information content (AvgIpc) is 2.57. The highest BCUT2D eigenvalue weighted by Gasteiger charge is 2.13. The quantitative estimate of drug-likeness (QED) is 0.812. The lowest BCUT2D eigenvalue weighted by atomic mass is 10.1. The van der Waals surface area contributed by atoms with Gasteiger partial charge in [0.05, 0.1) is 6.61 Å². The van der Waals surface area contributed by atoms with Gasteiger partial charge in [0.25, 0.3) is 5.17 Å². The maximum Gasteiger partial charge on any atom is 0.261 e. The van der Waals surface area contributed by atoms with E-state index >= 15 is 0 Å². The maximum absolute atomic E-state index is 9.61. The number of nitrogens with one attached hydrogen (secondary N) is 1. The van der Waals surface area contributed by atoms with E-state index in [2.05, 4.69) is 25.2 Å². The van der Waals surface area contributed by atoms with Crippen LogP contribution in [0.25, 0.3) is 0 Å². The Bertz CT molecular complexity index is 744. The number of aryl methyl sites for hydroxylation is 3. The van der Waals surface area contributed by atoms with Crippen molar-refractivity contribution in [3.63, 3.8) is 0 Å².